The van der Waals surface area contributed by atoms with Gasteiger partial charge in [0.25, 0.3) is 0 Å². The standard InChI is InChI=1S/C38H29BF3NO2/c40-38(41,42)31-21-23-32(24-22-31)39-43(26-34-33-19-11-10-12-27(33)20-25-35(34)44-39)36(28-13-4-1-5-14-28)37(45-39,29-15-6-2-7-16-29)30-17-8-3-9-18-30/h1-25,36,43H,26H2/t36-,39?/m1/s1. The average molecular weight is 599 g/mol. The van der Waals surface area contributed by atoms with Crippen molar-refractivity contribution in [3.05, 3.63) is 179 Å². The topological polar surface area (TPSA) is 22.9 Å². The summed E-state index contributed by atoms with van der Waals surface area (Å²) in [6.07, 6.45) is -4.46. The molecular formula is C38H29BF3NO2. The Morgan fingerprint density at radius 3 is 1.84 bits per heavy atom. The third kappa shape index (κ3) is 4.30. The Balaban J connectivity index is 1.45. The van der Waals surface area contributed by atoms with Crippen LogP contribution in [0.25, 0.3) is 10.8 Å². The van der Waals surface area contributed by atoms with Crippen molar-refractivity contribution in [3.63, 3.8) is 0 Å². The highest BCUT2D eigenvalue weighted by atomic mass is 19.4. The molecule has 1 fully saturated rings. The fourth-order valence-corrected chi connectivity index (χ4v) is 7.59. The van der Waals surface area contributed by atoms with E-state index in [0.717, 1.165) is 50.0 Å². The number of fused-ring (bicyclic) bond motifs is 4. The van der Waals surface area contributed by atoms with Gasteiger partial charge in [-0.3, -0.25) is 0 Å². The molecule has 8 rings (SSSR count). The Bertz CT molecular complexity index is 1950. The van der Waals surface area contributed by atoms with Crippen LogP contribution in [0.4, 0.5) is 13.2 Å². The summed E-state index contributed by atoms with van der Waals surface area (Å²) in [5.74, 6) is 0.682. The largest absolute Gasteiger partial charge is 0.637 e. The third-order valence-electron chi connectivity index (χ3n) is 9.50. The molecule has 0 aliphatic carbocycles. The number of halogens is 3. The maximum Gasteiger partial charge on any atom is 0.556 e. The minimum Gasteiger partial charge on any atom is -0.637 e. The fourth-order valence-electron chi connectivity index (χ4n) is 7.59. The van der Waals surface area contributed by atoms with Gasteiger partial charge >= 0.3 is 12.9 Å². The van der Waals surface area contributed by atoms with E-state index in [2.05, 4.69) is 48.5 Å². The van der Waals surface area contributed by atoms with Crippen LogP contribution in [0.5, 0.6) is 5.75 Å². The molecule has 2 aliphatic rings. The van der Waals surface area contributed by atoms with Gasteiger partial charge in [0.05, 0.1) is 17.9 Å². The maximum atomic E-state index is 13.8. The van der Waals surface area contributed by atoms with Crippen LogP contribution in [0, 0.1) is 0 Å². The Hall–Kier alpha value is -4.85. The Kier molecular flexibility index (Phi) is 6.38. The predicted octanol–water partition coefficient (Wildman–Crippen LogP) is 7.20. The lowest BCUT2D eigenvalue weighted by Gasteiger charge is -2.46. The van der Waals surface area contributed by atoms with Crippen LogP contribution in [0.3, 0.4) is 0 Å². The third-order valence-corrected chi connectivity index (χ3v) is 9.50. The molecule has 7 heteroatoms. The van der Waals surface area contributed by atoms with Gasteiger partial charge in [-0.1, -0.05) is 151 Å². The minimum absolute atomic E-state index is 0.321. The summed E-state index contributed by atoms with van der Waals surface area (Å²) in [6, 6.07) is 47.7. The van der Waals surface area contributed by atoms with Crippen molar-refractivity contribution < 1.29 is 27.3 Å². The Morgan fingerprint density at radius 1 is 0.644 bits per heavy atom. The number of nitrogens with one attached hydrogen (secondary N) is 1. The zero-order valence-electron chi connectivity index (χ0n) is 24.2. The van der Waals surface area contributed by atoms with Crippen molar-refractivity contribution >= 4 is 22.9 Å². The number of benzene rings is 6. The van der Waals surface area contributed by atoms with Gasteiger partial charge < -0.3 is 14.1 Å². The number of hydrogen-bond donors (Lipinski definition) is 1. The molecule has 3 atom stereocenters. The number of hydrogen-bond acceptors (Lipinski definition) is 2. The van der Waals surface area contributed by atoms with Crippen molar-refractivity contribution in [2.75, 3.05) is 0 Å². The van der Waals surface area contributed by atoms with E-state index >= 15 is 0 Å². The predicted molar refractivity (Wildman–Crippen MR) is 170 cm³/mol. The highest BCUT2D eigenvalue weighted by molar-refractivity contribution is 6.75. The zero-order chi connectivity index (χ0) is 30.6. The van der Waals surface area contributed by atoms with Crippen LogP contribution < -0.4 is 14.9 Å². The Morgan fingerprint density at radius 2 is 1.22 bits per heavy atom. The average Bonchev–Trinajstić information content (AvgIpc) is 3.40. The van der Waals surface area contributed by atoms with Gasteiger partial charge in [-0.15, -0.1) is 0 Å². The highest BCUT2D eigenvalue weighted by Gasteiger charge is 2.67. The molecule has 1 saturated heterocycles. The van der Waals surface area contributed by atoms with Gasteiger partial charge in [-0.2, -0.15) is 13.2 Å². The lowest BCUT2D eigenvalue weighted by Crippen LogP contribution is -3.24. The summed E-state index contributed by atoms with van der Waals surface area (Å²) in [5.41, 5.74) is 2.80. The smallest absolute Gasteiger partial charge is 0.556 e. The van der Waals surface area contributed by atoms with E-state index in [1.165, 1.54) is 12.1 Å². The van der Waals surface area contributed by atoms with Gasteiger partial charge in [0, 0.05) is 11.1 Å². The van der Waals surface area contributed by atoms with E-state index in [-0.39, 0.29) is 6.04 Å². The highest BCUT2D eigenvalue weighted by Crippen LogP contribution is 2.50. The zero-order valence-corrected chi connectivity index (χ0v) is 24.2. The van der Waals surface area contributed by atoms with Crippen molar-refractivity contribution in [2.24, 2.45) is 0 Å². The molecule has 0 aromatic heterocycles. The summed E-state index contributed by atoms with van der Waals surface area (Å²) in [5, 5.41) is 2.19. The number of quaternary nitrogens is 1. The first-order valence-corrected chi connectivity index (χ1v) is 15.1. The van der Waals surface area contributed by atoms with Gasteiger partial charge in [-0.25, -0.2) is 0 Å². The van der Waals surface area contributed by atoms with Crippen molar-refractivity contribution in [2.45, 2.75) is 24.4 Å². The van der Waals surface area contributed by atoms with E-state index in [4.69, 9.17) is 9.31 Å². The molecule has 1 N–H and O–H groups in total. The molecule has 0 radical (unpaired) electrons. The van der Waals surface area contributed by atoms with E-state index < -0.39 is 24.0 Å². The van der Waals surface area contributed by atoms with Crippen LogP contribution in [-0.2, 0) is 23.0 Å². The first-order valence-electron chi connectivity index (χ1n) is 15.1. The van der Waals surface area contributed by atoms with Crippen LogP contribution in [0.1, 0.15) is 33.9 Å². The molecule has 3 nitrogen and oxygen atoms in total. The summed E-state index contributed by atoms with van der Waals surface area (Å²) < 4.78 is 56.0. The van der Waals surface area contributed by atoms with Crippen molar-refractivity contribution in [1.82, 2.24) is 0 Å². The van der Waals surface area contributed by atoms with Crippen LogP contribution in [0.2, 0.25) is 0 Å². The molecule has 2 aliphatic heterocycles. The second-order valence-corrected chi connectivity index (χ2v) is 11.9. The van der Waals surface area contributed by atoms with Crippen LogP contribution in [-0.4, -0.2) is 6.69 Å². The second kappa shape index (κ2) is 10.4. The maximum absolute atomic E-state index is 13.8. The lowest BCUT2D eigenvalue weighted by atomic mass is 9.60. The fraction of sp³-hybridized carbons (Fsp3) is 0.105. The van der Waals surface area contributed by atoms with E-state index in [0.29, 0.717) is 17.8 Å². The molecule has 6 aromatic rings. The molecule has 0 bridgehead atoms. The summed E-state index contributed by atoms with van der Waals surface area (Å²) in [6.45, 7) is -1.91. The molecule has 0 spiro atoms. The van der Waals surface area contributed by atoms with Crippen LogP contribution in [0.15, 0.2) is 152 Å². The summed E-state index contributed by atoms with van der Waals surface area (Å²) in [7, 11) is 0. The van der Waals surface area contributed by atoms with Crippen LogP contribution >= 0.6 is 0 Å². The molecular weight excluding hydrogens is 570 g/mol. The van der Waals surface area contributed by atoms with Gasteiger partial charge in [-0.05, 0) is 28.0 Å². The SMILES string of the molecule is FC(F)(F)c1ccc([B-]23Oc4ccc5ccccc5c4C[NH+]2[C@H](c2ccccc2)C(c2ccccc2)(c2ccccc2)O3)cc1. The monoisotopic (exact) mass is 599 g/mol. The molecule has 6 aromatic carbocycles. The van der Waals surface area contributed by atoms with Gasteiger partial charge in [0.1, 0.15) is 11.6 Å². The molecule has 2 heterocycles. The minimum atomic E-state index is -4.46. The molecule has 45 heavy (non-hydrogen) atoms. The van der Waals surface area contributed by atoms with Gasteiger partial charge in [0.15, 0.2) is 0 Å². The second-order valence-electron chi connectivity index (χ2n) is 11.9. The number of alkyl halides is 3. The first kappa shape index (κ1) is 27.7. The van der Waals surface area contributed by atoms with Crippen molar-refractivity contribution in [1.29, 1.82) is 0 Å². The molecule has 2 unspecified atom stereocenters. The normalized spacial score (nSPS) is 21.9. The van der Waals surface area contributed by atoms with Crippen molar-refractivity contribution in [3.8, 4) is 5.75 Å². The van der Waals surface area contributed by atoms with E-state index in [1.54, 1.807) is 0 Å². The first-order chi connectivity index (χ1) is 21.9. The van der Waals surface area contributed by atoms with E-state index in [1.807, 2.05) is 78.9 Å². The molecule has 0 saturated carbocycles. The van der Waals surface area contributed by atoms with Gasteiger partial charge in [0.2, 0.25) is 0 Å². The van der Waals surface area contributed by atoms with E-state index in [9.17, 15) is 13.2 Å². The Labute approximate surface area is 259 Å². The summed E-state index contributed by atoms with van der Waals surface area (Å²) in [4.78, 5) is 0.998. The quantitative estimate of drug-likeness (QED) is 0.217. The molecule has 0 amide bonds. The summed E-state index contributed by atoms with van der Waals surface area (Å²) >= 11 is 0. The number of rotatable bonds is 4. The lowest BCUT2D eigenvalue weighted by molar-refractivity contribution is -0.850. The molecule has 222 valence electrons.